The van der Waals surface area contributed by atoms with Crippen LogP contribution in [0.2, 0.25) is 0 Å². The van der Waals surface area contributed by atoms with Gasteiger partial charge in [0.25, 0.3) is 5.69 Å². The number of hydrogen-bond acceptors (Lipinski definition) is 3. The lowest BCUT2D eigenvalue weighted by Crippen LogP contribution is -2.36. The number of hydrogen-bond donors (Lipinski definition) is 1. The van der Waals surface area contributed by atoms with Gasteiger partial charge < -0.3 is 10.5 Å². The molecule has 1 aromatic carbocycles. The molecule has 114 valence electrons. The second kappa shape index (κ2) is 6.58. The Labute approximate surface area is 129 Å². The summed E-state index contributed by atoms with van der Waals surface area (Å²) in [6.45, 7) is 3.17. The predicted molar refractivity (Wildman–Crippen MR) is 84.3 cm³/mol. The summed E-state index contributed by atoms with van der Waals surface area (Å²) in [5, 5.41) is 14.4. The first-order valence-corrected chi connectivity index (χ1v) is 7.53. The molecule has 0 atom stereocenters. The molecule has 0 bridgehead atoms. The number of likely N-dealkylation sites (tertiary alicyclic amines) is 1. The lowest BCUT2D eigenvalue weighted by molar-refractivity contribution is -0.607. The Morgan fingerprint density at radius 3 is 2.77 bits per heavy atom. The van der Waals surface area contributed by atoms with E-state index in [4.69, 9.17) is 0 Å². The molecule has 2 heterocycles. The van der Waals surface area contributed by atoms with Crippen LogP contribution in [-0.4, -0.2) is 23.9 Å². The fourth-order valence-corrected chi connectivity index (χ4v) is 2.75. The Hall–Kier alpha value is -2.40. The molecule has 1 saturated heterocycles. The molecule has 1 amide bonds. The fourth-order valence-electron chi connectivity index (χ4n) is 2.75. The van der Waals surface area contributed by atoms with Crippen molar-refractivity contribution in [3.8, 4) is 0 Å². The van der Waals surface area contributed by atoms with Crippen molar-refractivity contribution in [3.05, 3.63) is 65.1 Å². The van der Waals surface area contributed by atoms with Crippen molar-refractivity contribution in [1.29, 1.82) is 0 Å². The van der Waals surface area contributed by atoms with E-state index in [0.717, 1.165) is 19.6 Å². The van der Waals surface area contributed by atoms with Crippen molar-refractivity contribution in [1.82, 2.24) is 4.90 Å². The Morgan fingerprint density at radius 1 is 1.18 bits per heavy atom. The molecule has 0 spiro atoms. The monoisotopic (exact) mass is 297 g/mol. The van der Waals surface area contributed by atoms with Gasteiger partial charge in [-0.1, -0.05) is 12.1 Å². The standard InChI is InChI=1S/C17H19N3O2/c21-17(16-8-1-2-11-20(16)22)18-15-7-5-6-14(12-15)13-19-9-3-4-10-19/h1-2,5-8,11-12H,3-4,9-10,13H2,(H,18,21). The van der Waals surface area contributed by atoms with Crippen LogP contribution in [0.1, 0.15) is 28.9 Å². The number of nitrogens with one attached hydrogen (secondary N) is 1. The molecule has 0 aliphatic carbocycles. The second-order valence-corrected chi connectivity index (χ2v) is 5.55. The third kappa shape index (κ3) is 3.43. The lowest BCUT2D eigenvalue weighted by Gasteiger charge is -2.15. The zero-order chi connectivity index (χ0) is 15.4. The Morgan fingerprint density at radius 2 is 2.00 bits per heavy atom. The first-order valence-electron chi connectivity index (χ1n) is 7.53. The average Bonchev–Trinajstić information content (AvgIpc) is 3.01. The smallest absolute Gasteiger partial charge is 0.321 e. The first-order chi connectivity index (χ1) is 10.7. The van der Waals surface area contributed by atoms with Crippen molar-refractivity contribution in [2.75, 3.05) is 18.4 Å². The number of anilines is 1. The van der Waals surface area contributed by atoms with Crippen molar-refractivity contribution in [2.45, 2.75) is 19.4 Å². The van der Waals surface area contributed by atoms with Gasteiger partial charge in [0.05, 0.1) is 0 Å². The van der Waals surface area contributed by atoms with E-state index >= 15 is 0 Å². The minimum Gasteiger partial charge on any atom is -0.618 e. The summed E-state index contributed by atoms with van der Waals surface area (Å²) in [7, 11) is 0. The highest BCUT2D eigenvalue weighted by Gasteiger charge is 2.16. The minimum absolute atomic E-state index is 0.0902. The summed E-state index contributed by atoms with van der Waals surface area (Å²) in [4.78, 5) is 14.6. The number of carbonyl (C=O) groups excluding carboxylic acids is 1. The Kier molecular flexibility index (Phi) is 4.34. The van der Waals surface area contributed by atoms with E-state index in [9.17, 15) is 10.0 Å². The second-order valence-electron chi connectivity index (χ2n) is 5.55. The fraction of sp³-hybridized carbons (Fsp3) is 0.294. The largest absolute Gasteiger partial charge is 0.618 e. The van der Waals surface area contributed by atoms with Crippen LogP contribution in [0.5, 0.6) is 0 Å². The molecule has 0 saturated carbocycles. The number of rotatable bonds is 4. The van der Waals surface area contributed by atoms with Crippen molar-refractivity contribution < 1.29 is 9.52 Å². The number of aromatic nitrogens is 1. The summed E-state index contributed by atoms with van der Waals surface area (Å²) >= 11 is 0. The van der Waals surface area contributed by atoms with Gasteiger partial charge in [-0.2, -0.15) is 4.73 Å². The van der Waals surface area contributed by atoms with Gasteiger partial charge in [-0.05, 0) is 49.7 Å². The Bertz CT molecular complexity index is 666. The van der Waals surface area contributed by atoms with Crippen LogP contribution in [0.15, 0.2) is 48.7 Å². The van der Waals surface area contributed by atoms with Gasteiger partial charge in [-0.25, -0.2) is 0 Å². The zero-order valence-electron chi connectivity index (χ0n) is 12.4. The molecule has 1 aliphatic heterocycles. The summed E-state index contributed by atoms with van der Waals surface area (Å²) in [5.41, 5.74) is 1.97. The van der Waals surface area contributed by atoms with Crippen molar-refractivity contribution in [2.24, 2.45) is 0 Å². The highest BCUT2D eigenvalue weighted by molar-refractivity contribution is 6.01. The van der Waals surface area contributed by atoms with E-state index in [1.165, 1.54) is 30.7 Å². The van der Waals surface area contributed by atoms with E-state index in [1.54, 1.807) is 12.1 Å². The Balaban J connectivity index is 1.69. The summed E-state index contributed by atoms with van der Waals surface area (Å²) in [6.07, 6.45) is 3.83. The van der Waals surface area contributed by atoms with Gasteiger partial charge in [-0.3, -0.25) is 9.69 Å². The third-order valence-electron chi connectivity index (χ3n) is 3.85. The number of carbonyl (C=O) groups is 1. The lowest BCUT2D eigenvalue weighted by atomic mass is 10.2. The SMILES string of the molecule is O=C(Nc1cccc(CN2CCCC2)c1)c1cccc[n+]1[O-]. The summed E-state index contributed by atoms with van der Waals surface area (Å²) in [6, 6.07) is 12.6. The van der Waals surface area contributed by atoms with Gasteiger partial charge in [0.15, 0.2) is 6.20 Å². The van der Waals surface area contributed by atoms with E-state index in [0.29, 0.717) is 10.4 Å². The molecular weight excluding hydrogens is 278 g/mol. The van der Waals surface area contributed by atoms with Gasteiger partial charge in [-0.15, -0.1) is 0 Å². The van der Waals surface area contributed by atoms with Crippen LogP contribution in [0.4, 0.5) is 5.69 Å². The van der Waals surface area contributed by atoms with E-state index < -0.39 is 5.91 Å². The molecule has 1 aromatic heterocycles. The molecule has 1 aliphatic rings. The zero-order valence-corrected chi connectivity index (χ0v) is 12.4. The molecule has 2 aromatic rings. The average molecular weight is 297 g/mol. The number of pyridine rings is 1. The first kappa shape index (κ1) is 14.5. The third-order valence-corrected chi connectivity index (χ3v) is 3.85. The van der Waals surface area contributed by atoms with Crippen LogP contribution in [0, 0.1) is 5.21 Å². The molecule has 3 rings (SSSR count). The topological polar surface area (TPSA) is 59.3 Å². The molecule has 5 heteroatoms. The maximum atomic E-state index is 12.1. The maximum Gasteiger partial charge on any atom is 0.321 e. The van der Waals surface area contributed by atoms with Crippen LogP contribution in [0.25, 0.3) is 0 Å². The molecule has 5 nitrogen and oxygen atoms in total. The number of amides is 1. The quantitative estimate of drug-likeness (QED) is 0.695. The highest BCUT2D eigenvalue weighted by Crippen LogP contribution is 2.16. The van der Waals surface area contributed by atoms with E-state index in [1.807, 2.05) is 18.2 Å². The number of nitrogens with zero attached hydrogens (tertiary/aromatic N) is 2. The number of benzene rings is 1. The minimum atomic E-state index is -0.395. The maximum absolute atomic E-state index is 12.1. The highest BCUT2D eigenvalue weighted by atomic mass is 16.5. The van der Waals surface area contributed by atoms with Gasteiger partial charge in [0.2, 0.25) is 0 Å². The molecule has 1 N–H and O–H groups in total. The predicted octanol–water partition coefficient (Wildman–Crippen LogP) is 2.17. The van der Waals surface area contributed by atoms with Gasteiger partial charge >= 0.3 is 5.91 Å². The van der Waals surface area contributed by atoms with Crippen LogP contribution in [-0.2, 0) is 6.54 Å². The summed E-state index contributed by atoms with van der Waals surface area (Å²) in [5.74, 6) is -0.395. The van der Waals surface area contributed by atoms with Crippen LogP contribution < -0.4 is 10.0 Å². The normalized spacial score (nSPS) is 14.9. The molecule has 0 unspecified atom stereocenters. The van der Waals surface area contributed by atoms with Crippen molar-refractivity contribution >= 4 is 11.6 Å². The van der Waals surface area contributed by atoms with Crippen LogP contribution >= 0.6 is 0 Å². The van der Waals surface area contributed by atoms with Crippen LogP contribution in [0.3, 0.4) is 0 Å². The molecular formula is C17H19N3O2. The van der Waals surface area contributed by atoms with E-state index in [-0.39, 0.29) is 5.69 Å². The van der Waals surface area contributed by atoms with Gasteiger partial charge in [0.1, 0.15) is 0 Å². The van der Waals surface area contributed by atoms with Gasteiger partial charge in [0, 0.05) is 24.4 Å². The van der Waals surface area contributed by atoms with E-state index in [2.05, 4.69) is 16.3 Å². The molecule has 0 radical (unpaired) electrons. The molecule has 22 heavy (non-hydrogen) atoms. The molecule has 1 fully saturated rings. The van der Waals surface area contributed by atoms with Crippen molar-refractivity contribution in [3.63, 3.8) is 0 Å². The summed E-state index contributed by atoms with van der Waals surface area (Å²) < 4.78 is 0.573.